The minimum absolute atomic E-state index is 0.230. The summed E-state index contributed by atoms with van der Waals surface area (Å²) in [6, 6.07) is 3.28. The van der Waals surface area contributed by atoms with Crippen LogP contribution in [0.2, 0.25) is 0 Å². The summed E-state index contributed by atoms with van der Waals surface area (Å²) >= 11 is 0. The average Bonchev–Trinajstić information content (AvgIpc) is 2.84. The lowest BCUT2D eigenvalue weighted by Gasteiger charge is -2.06. The van der Waals surface area contributed by atoms with Crippen molar-refractivity contribution in [2.75, 3.05) is 12.0 Å². The van der Waals surface area contributed by atoms with Gasteiger partial charge < -0.3 is 15.3 Å². The molecule has 2 rings (SSSR count). The van der Waals surface area contributed by atoms with Gasteiger partial charge in [-0.05, 0) is 12.1 Å². The van der Waals surface area contributed by atoms with E-state index in [-0.39, 0.29) is 5.91 Å². The molecule has 0 aliphatic heterocycles. The SMILES string of the molecule is Cn1ccnc1CCNC(=O)c1cc(NN)ccn1. The summed E-state index contributed by atoms with van der Waals surface area (Å²) in [5.41, 5.74) is 3.45. The predicted octanol–water partition coefficient (Wildman–Crippen LogP) is 0.0732. The van der Waals surface area contributed by atoms with Crippen molar-refractivity contribution in [1.29, 1.82) is 0 Å². The van der Waals surface area contributed by atoms with Gasteiger partial charge in [0, 0.05) is 38.6 Å². The van der Waals surface area contributed by atoms with E-state index in [0.29, 0.717) is 24.3 Å². The van der Waals surface area contributed by atoms with Crippen LogP contribution >= 0.6 is 0 Å². The van der Waals surface area contributed by atoms with E-state index >= 15 is 0 Å². The molecular weight excluding hydrogens is 244 g/mol. The standard InChI is InChI=1S/C12H16N6O/c1-18-7-6-15-11(18)3-5-16-12(19)10-8-9(17-13)2-4-14-10/h2,4,6-8H,3,5,13H2,1H3,(H,14,17)(H,16,19). The molecule has 0 atom stereocenters. The van der Waals surface area contributed by atoms with Crippen LogP contribution in [0, 0.1) is 0 Å². The van der Waals surface area contributed by atoms with Gasteiger partial charge in [0.05, 0.1) is 5.69 Å². The van der Waals surface area contributed by atoms with Crippen LogP contribution < -0.4 is 16.6 Å². The second-order valence-corrected chi connectivity index (χ2v) is 4.03. The second-order valence-electron chi connectivity index (χ2n) is 4.03. The normalized spacial score (nSPS) is 10.2. The number of carbonyl (C=O) groups is 1. The lowest BCUT2D eigenvalue weighted by Crippen LogP contribution is -2.27. The Kier molecular flexibility index (Phi) is 4.09. The van der Waals surface area contributed by atoms with E-state index in [1.165, 1.54) is 6.20 Å². The number of nitrogens with one attached hydrogen (secondary N) is 2. The highest BCUT2D eigenvalue weighted by atomic mass is 16.1. The molecule has 0 radical (unpaired) electrons. The number of hydrogen-bond donors (Lipinski definition) is 3. The molecule has 2 aromatic rings. The fraction of sp³-hybridized carbons (Fsp3) is 0.250. The Hall–Kier alpha value is -2.41. The average molecular weight is 260 g/mol. The molecule has 7 nitrogen and oxygen atoms in total. The summed E-state index contributed by atoms with van der Waals surface area (Å²) in [7, 11) is 1.92. The molecule has 2 aromatic heterocycles. The van der Waals surface area contributed by atoms with Gasteiger partial charge in [-0.15, -0.1) is 0 Å². The number of imidazole rings is 1. The van der Waals surface area contributed by atoms with Crippen molar-refractivity contribution in [2.24, 2.45) is 12.9 Å². The van der Waals surface area contributed by atoms with E-state index in [9.17, 15) is 4.79 Å². The zero-order valence-corrected chi connectivity index (χ0v) is 10.6. The first-order chi connectivity index (χ1) is 9.20. The number of pyridine rings is 1. The van der Waals surface area contributed by atoms with Crippen molar-refractivity contribution in [1.82, 2.24) is 19.9 Å². The number of nitrogens with two attached hydrogens (primary N) is 1. The number of hydrazine groups is 1. The zero-order chi connectivity index (χ0) is 13.7. The molecule has 0 spiro atoms. The Morgan fingerprint density at radius 1 is 1.42 bits per heavy atom. The number of rotatable bonds is 5. The fourth-order valence-electron chi connectivity index (χ4n) is 1.66. The van der Waals surface area contributed by atoms with Gasteiger partial charge in [-0.1, -0.05) is 0 Å². The van der Waals surface area contributed by atoms with Gasteiger partial charge in [-0.25, -0.2) is 4.98 Å². The first-order valence-corrected chi connectivity index (χ1v) is 5.88. The number of aryl methyl sites for hydroxylation is 1. The quantitative estimate of drug-likeness (QED) is 0.522. The maximum Gasteiger partial charge on any atom is 0.269 e. The third-order valence-corrected chi connectivity index (χ3v) is 2.71. The van der Waals surface area contributed by atoms with Gasteiger partial charge in [-0.3, -0.25) is 15.6 Å². The first kappa shape index (κ1) is 13.0. The summed E-state index contributed by atoms with van der Waals surface area (Å²) in [6.45, 7) is 0.506. The van der Waals surface area contributed by atoms with Gasteiger partial charge in [0.2, 0.25) is 0 Å². The van der Waals surface area contributed by atoms with Crippen molar-refractivity contribution in [3.05, 3.63) is 42.2 Å². The molecule has 0 fully saturated rings. The molecular formula is C12H16N6O. The Morgan fingerprint density at radius 3 is 2.95 bits per heavy atom. The molecule has 4 N–H and O–H groups in total. The van der Waals surface area contributed by atoms with Gasteiger partial charge in [-0.2, -0.15) is 0 Å². The Morgan fingerprint density at radius 2 is 2.26 bits per heavy atom. The molecule has 0 aromatic carbocycles. The summed E-state index contributed by atoms with van der Waals surface area (Å²) in [6.07, 6.45) is 5.80. The third kappa shape index (κ3) is 3.29. The topological polar surface area (TPSA) is 97.9 Å². The van der Waals surface area contributed by atoms with E-state index < -0.39 is 0 Å². The molecule has 100 valence electrons. The maximum absolute atomic E-state index is 11.9. The molecule has 0 aliphatic rings. The van der Waals surface area contributed by atoms with E-state index in [1.807, 2.05) is 17.8 Å². The highest BCUT2D eigenvalue weighted by Crippen LogP contribution is 2.05. The van der Waals surface area contributed by atoms with Crippen LogP contribution in [0.25, 0.3) is 0 Å². The highest BCUT2D eigenvalue weighted by Gasteiger charge is 2.07. The van der Waals surface area contributed by atoms with Crippen LogP contribution in [-0.4, -0.2) is 27.0 Å². The number of aromatic nitrogens is 3. The van der Waals surface area contributed by atoms with Crippen LogP contribution in [0.1, 0.15) is 16.3 Å². The van der Waals surface area contributed by atoms with E-state index in [0.717, 1.165) is 5.82 Å². The maximum atomic E-state index is 11.9. The van der Waals surface area contributed by atoms with Crippen LogP contribution in [0.15, 0.2) is 30.7 Å². The first-order valence-electron chi connectivity index (χ1n) is 5.88. The molecule has 0 saturated heterocycles. The Bertz CT molecular complexity index is 565. The summed E-state index contributed by atoms with van der Waals surface area (Å²) < 4.78 is 1.92. The lowest BCUT2D eigenvalue weighted by atomic mass is 10.3. The van der Waals surface area contributed by atoms with Gasteiger partial charge in [0.25, 0.3) is 5.91 Å². The minimum atomic E-state index is -0.230. The molecule has 0 unspecified atom stereocenters. The number of nitrogens with zero attached hydrogens (tertiary/aromatic N) is 3. The Labute approximate surface area is 110 Å². The number of hydrogen-bond acceptors (Lipinski definition) is 5. The number of nitrogen functional groups attached to an aromatic ring is 1. The van der Waals surface area contributed by atoms with E-state index in [2.05, 4.69) is 20.7 Å². The number of carbonyl (C=O) groups excluding carboxylic acids is 1. The van der Waals surface area contributed by atoms with Crippen molar-refractivity contribution in [3.63, 3.8) is 0 Å². The fourth-order valence-corrected chi connectivity index (χ4v) is 1.66. The lowest BCUT2D eigenvalue weighted by molar-refractivity contribution is 0.0949. The van der Waals surface area contributed by atoms with Gasteiger partial charge in [0.15, 0.2) is 0 Å². The van der Waals surface area contributed by atoms with Crippen LogP contribution in [0.5, 0.6) is 0 Å². The van der Waals surface area contributed by atoms with Crippen molar-refractivity contribution >= 4 is 11.6 Å². The monoisotopic (exact) mass is 260 g/mol. The molecule has 19 heavy (non-hydrogen) atoms. The molecule has 1 amide bonds. The zero-order valence-electron chi connectivity index (χ0n) is 10.6. The van der Waals surface area contributed by atoms with Crippen molar-refractivity contribution < 1.29 is 4.79 Å². The minimum Gasteiger partial charge on any atom is -0.350 e. The highest BCUT2D eigenvalue weighted by molar-refractivity contribution is 5.93. The molecule has 0 bridgehead atoms. The smallest absolute Gasteiger partial charge is 0.269 e. The van der Waals surface area contributed by atoms with Crippen molar-refractivity contribution in [3.8, 4) is 0 Å². The molecule has 2 heterocycles. The second kappa shape index (κ2) is 5.96. The largest absolute Gasteiger partial charge is 0.350 e. The van der Waals surface area contributed by atoms with E-state index in [4.69, 9.17) is 5.84 Å². The summed E-state index contributed by atoms with van der Waals surface area (Å²) in [4.78, 5) is 20.0. The van der Waals surface area contributed by atoms with Gasteiger partial charge in [0.1, 0.15) is 11.5 Å². The van der Waals surface area contributed by atoms with Crippen LogP contribution in [-0.2, 0) is 13.5 Å². The van der Waals surface area contributed by atoms with E-state index in [1.54, 1.807) is 18.3 Å². The van der Waals surface area contributed by atoms with Gasteiger partial charge >= 0.3 is 0 Å². The third-order valence-electron chi connectivity index (χ3n) is 2.71. The number of anilines is 1. The van der Waals surface area contributed by atoms with Crippen LogP contribution in [0.3, 0.4) is 0 Å². The molecule has 0 saturated carbocycles. The molecule has 0 aliphatic carbocycles. The molecule has 7 heteroatoms. The number of amides is 1. The Balaban J connectivity index is 1.89. The predicted molar refractivity (Wildman–Crippen MR) is 71.3 cm³/mol. The summed E-state index contributed by atoms with van der Waals surface area (Å²) in [5, 5.41) is 2.79. The summed E-state index contributed by atoms with van der Waals surface area (Å²) in [5.74, 6) is 5.97. The van der Waals surface area contributed by atoms with Crippen molar-refractivity contribution in [2.45, 2.75) is 6.42 Å². The van der Waals surface area contributed by atoms with Crippen LogP contribution in [0.4, 0.5) is 5.69 Å².